The van der Waals surface area contributed by atoms with Crippen molar-refractivity contribution < 1.29 is 0 Å². The second-order valence-corrected chi connectivity index (χ2v) is 3.85. The molecule has 0 amide bonds. The number of hydrogen-bond acceptors (Lipinski definition) is 3. The van der Waals surface area contributed by atoms with E-state index in [1.807, 2.05) is 0 Å². The van der Waals surface area contributed by atoms with Crippen LogP contribution in [0.3, 0.4) is 0 Å². The van der Waals surface area contributed by atoms with E-state index in [0.29, 0.717) is 16.7 Å². The largest absolute Gasteiger partial charge is 0.364 e. The Hall–Kier alpha value is -1.36. The molecule has 14 heavy (non-hydrogen) atoms. The van der Waals surface area contributed by atoms with E-state index < -0.39 is 0 Å². The first-order valence-electron chi connectivity index (χ1n) is 4.39. The summed E-state index contributed by atoms with van der Waals surface area (Å²) in [5.41, 5.74) is 1.27. The van der Waals surface area contributed by atoms with Crippen molar-refractivity contribution in [2.45, 2.75) is 18.8 Å². The lowest BCUT2D eigenvalue weighted by Gasteiger charge is -1.99. The first kappa shape index (κ1) is 7.99. The van der Waals surface area contributed by atoms with Crippen molar-refractivity contribution in [3.63, 3.8) is 0 Å². The molecule has 2 aromatic rings. The fourth-order valence-corrected chi connectivity index (χ4v) is 1.78. The molecule has 1 aliphatic carbocycles. The van der Waals surface area contributed by atoms with Crippen molar-refractivity contribution in [3.8, 4) is 0 Å². The number of nitrogens with zero attached hydrogens (tertiary/aromatic N) is 3. The van der Waals surface area contributed by atoms with Crippen molar-refractivity contribution in [1.29, 1.82) is 0 Å². The minimum atomic E-state index is -0.343. The number of aromatic amines is 1. The summed E-state index contributed by atoms with van der Waals surface area (Å²) in [5, 5.41) is 10.5. The Balaban J connectivity index is 2.41. The summed E-state index contributed by atoms with van der Waals surface area (Å²) in [6.45, 7) is 0. The Morgan fingerprint density at radius 2 is 2.36 bits per heavy atom. The van der Waals surface area contributed by atoms with Gasteiger partial charge in [-0.1, -0.05) is 11.6 Å². The molecule has 0 spiro atoms. The van der Waals surface area contributed by atoms with Gasteiger partial charge in [0.2, 0.25) is 0 Å². The van der Waals surface area contributed by atoms with Crippen molar-refractivity contribution in [2.75, 3.05) is 0 Å². The molecule has 0 radical (unpaired) electrons. The predicted molar refractivity (Wildman–Crippen MR) is 50.6 cm³/mol. The highest BCUT2D eigenvalue weighted by Crippen LogP contribution is 2.41. The van der Waals surface area contributed by atoms with Crippen LogP contribution < -0.4 is 5.69 Å². The van der Waals surface area contributed by atoms with Crippen molar-refractivity contribution in [1.82, 2.24) is 19.8 Å². The maximum absolute atomic E-state index is 11.2. The highest BCUT2D eigenvalue weighted by atomic mass is 35.5. The van der Waals surface area contributed by atoms with Crippen molar-refractivity contribution >= 4 is 17.2 Å². The third-order valence-corrected chi connectivity index (χ3v) is 2.58. The fourth-order valence-electron chi connectivity index (χ4n) is 1.58. The number of nitrogens with one attached hydrogen (secondary N) is 1. The molecule has 0 aliphatic heterocycles. The van der Waals surface area contributed by atoms with Crippen LogP contribution in [0.1, 0.15) is 24.3 Å². The highest BCUT2D eigenvalue weighted by Gasteiger charge is 2.27. The molecular weight excluding hydrogens is 204 g/mol. The van der Waals surface area contributed by atoms with Crippen LogP contribution in [-0.2, 0) is 0 Å². The summed E-state index contributed by atoms with van der Waals surface area (Å²) in [5.74, 6) is 0.494. The molecule has 2 heterocycles. The monoisotopic (exact) mass is 210 g/mol. The molecule has 0 bridgehead atoms. The van der Waals surface area contributed by atoms with Gasteiger partial charge in [0.05, 0.1) is 0 Å². The molecule has 1 aliphatic rings. The Kier molecular flexibility index (Phi) is 1.47. The highest BCUT2D eigenvalue weighted by molar-refractivity contribution is 6.29. The van der Waals surface area contributed by atoms with E-state index >= 15 is 0 Å². The molecule has 3 rings (SSSR count). The zero-order valence-electron chi connectivity index (χ0n) is 7.20. The van der Waals surface area contributed by atoms with Gasteiger partial charge in [-0.2, -0.15) is 9.61 Å². The normalized spacial score (nSPS) is 16.4. The number of aromatic nitrogens is 4. The third kappa shape index (κ3) is 1.05. The van der Waals surface area contributed by atoms with Crippen LogP contribution in [0.2, 0.25) is 5.15 Å². The molecule has 1 fully saturated rings. The summed E-state index contributed by atoms with van der Waals surface area (Å²) in [6.07, 6.45) is 2.27. The number of hydrogen-bond donors (Lipinski definition) is 1. The van der Waals surface area contributed by atoms with Crippen LogP contribution in [0.15, 0.2) is 10.9 Å². The first-order chi connectivity index (χ1) is 6.75. The summed E-state index contributed by atoms with van der Waals surface area (Å²) in [4.78, 5) is 11.2. The molecule has 72 valence electrons. The van der Waals surface area contributed by atoms with Gasteiger partial charge in [-0.05, 0) is 24.8 Å². The smallest absolute Gasteiger partial charge is 0.244 e. The topological polar surface area (TPSA) is 63.0 Å². The van der Waals surface area contributed by atoms with Crippen LogP contribution in [0.4, 0.5) is 0 Å². The van der Waals surface area contributed by atoms with Gasteiger partial charge in [0.1, 0.15) is 0 Å². The van der Waals surface area contributed by atoms with Gasteiger partial charge in [0.25, 0.3) is 0 Å². The quantitative estimate of drug-likeness (QED) is 0.762. The van der Waals surface area contributed by atoms with E-state index in [2.05, 4.69) is 15.3 Å². The van der Waals surface area contributed by atoms with E-state index in [-0.39, 0.29) is 5.69 Å². The number of fused-ring (bicyclic) bond motifs is 1. The molecule has 2 aromatic heterocycles. The van der Waals surface area contributed by atoms with Gasteiger partial charge in [-0.3, -0.25) is 0 Å². The fraction of sp³-hybridized carbons (Fsp3) is 0.375. The van der Waals surface area contributed by atoms with Gasteiger partial charge in [-0.15, -0.1) is 5.10 Å². The summed E-state index contributed by atoms with van der Waals surface area (Å²) >= 11 is 5.81. The molecule has 1 N–H and O–H groups in total. The summed E-state index contributed by atoms with van der Waals surface area (Å²) in [6, 6.07) is 1.79. The standard InChI is InChI=1S/C8H7ClN4O/c9-6-3-5(4-1-2-4)7-10-11-8(14)13(7)12-6/h3-4H,1-2H2,(H,11,14). The second-order valence-electron chi connectivity index (χ2n) is 3.46. The van der Waals surface area contributed by atoms with Crippen LogP contribution in [0.5, 0.6) is 0 Å². The molecule has 0 unspecified atom stereocenters. The van der Waals surface area contributed by atoms with Crippen LogP contribution in [0.25, 0.3) is 5.65 Å². The SMILES string of the molecule is O=c1[nH]nc2c(C3CC3)cc(Cl)nn12. The molecule has 6 heteroatoms. The van der Waals surface area contributed by atoms with Crippen molar-refractivity contribution in [3.05, 3.63) is 27.3 Å². The van der Waals surface area contributed by atoms with Gasteiger partial charge in [0, 0.05) is 5.56 Å². The summed E-state index contributed by atoms with van der Waals surface area (Å²) in [7, 11) is 0. The minimum Gasteiger partial charge on any atom is -0.244 e. The Morgan fingerprint density at radius 1 is 1.57 bits per heavy atom. The molecule has 0 saturated heterocycles. The summed E-state index contributed by atoms with van der Waals surface area (Å²) < 4.78 is 1.22. The predicted octanol–water partition coefficient (Wildman–Crippen LogP) is 0.948. The molecular formula is C8H7ClN4O. The number of H-pyrrole nitrogens is 1. The van der Waals surface area contributed by atoms with Crippen LogP contribution in [0, 0.1) is 0 Å². The average molecular weight is 211 g/mol. The molecule has 1 saturated carbocycles. The Morgan fingerprint density at radius 3 is 3.07 bits per heavy atom. The lowest BCUT2D eigenvalue weighted by Crippen LogP contribution is -2.12. The maximum atomic E-state index is 11.2. The molecule has 0 atom stereocenters. The average Bonchev–Trinajstić information content (AvgIpc) is 2.93. The first-order valence-corrected chi connectivity index (χ1v) is 4.77. The lowest BCUT2D eigenvalue weighted by atomic mass is 10.2. The van der Waals surface area contributed by atoms with Crippen LogP contribution >= 0.6 is 11.6 Å². The van der Waals surface area contributed by atoms with Gasteiger partial charge < -0.3 is 0 Å². The van der Waals surface area contributed by atoms with Crippen LogP contribution in [-0.4, -0.2) is 19.8 Å². The second kappa shape index (κ2) is 2.57. The molecule has 5 nitrogen and oxygen atoms in total. The number of rotatable bonds is 1. The lowest BCUT2D eigenvalue weighted by molar-refractivity contribution is 0.869. The van der Waals surface area contributed by atoms with Crippen molar-refractivity contribution in [2.24, 2.45) is 0 Å². The van der Waals surface area contributed by atoms with E-state index in [1.54, 1.807) is 6.07 Å². The van der Waals surface area contributed by atoms with Gasteiger partial charge in [-0.25, -0.2) is 9.89 Å². The maximum Gasteiger partial charge on any atom is 0.364 e. The Bertz CT molecular complexity index is 554. The van der Waals surface area contributed by atoms with E-state index in [9.17, 15) is 4.79 Å². The zero-order valence-corrected chi connectivity index (χ0v) is 7.95. The molecule has 0 aromatic carbocycles. The van der Waals surface area contributed by atoms with Gasteiger partial charge >= 0.3 is 5.69 Å². The Labute approximate surface area is 83.7 Å². The minimum absolute atomic E-state index is 0.336. The van der Waals surface area contributed by atoms with E-state index in [1.165, 1.54) is 4.52 Å². The number of halogens is 1. The van der Waals surface area contributed by atoms with E-state index in [0.717, 1.165) is 18.4 Å². The van der Waals surface area contributed by atoms with E-state index in [4.69, 9.17) is 11.6 Å². The third-order valence-electron chi connectivity index (χ3n) is 2.40. The zero-order chi connectivity index (χ0) is 9.71. The van der Waals surface area contributed by atoms with Gasteiger partial charge in [0.15, 0.2) is 10.8 Å².